The topological polar surface area (TPSA) is 111 Å². The minimum atomic E-state index is -0.692. The average molecular weight is 284 g/mol. The Morgan fingerprint density at radius 2 is 2.05 bits per heavy atom. The molecule has 0 aliphatic heterocycles. The van der Waals surface area contributed by atoms with Crippen molar-refractivity contribution in [2.45, 2.75) is 12.2 Å². The first kappa shape index (κ1) is 14.9. The molecule has 1 atom stereocenters. The standard InChI is InChI=1S/C10H12N4O4S/c1-7(19-2)6-11-12-9-4-3-8(13(15)16)5-10(9)14(17)18/h3-7,12H,1-2H3/b11-6-/t7-/m0/s1. The molecule has 0 bridgehead atoms. The summed E-state index contributed by atoms with van der Waals surface area (Å²) in [7, 11) is 0. The van der Waals surface area contributed by atoms with Crippen LogP contribution in [0.15, 0.2) is 23.3 Å². The van der Waals surface area contributed by atoms with Gasteiger partial charge in [-0.15, -0.1) is 0 Å². The molecule has 9 heteroatoms. The molecular formula is C10H12N4O4S. The molecule has 0 saturated carbocycles. The molecule has 0 heterocycles. The molecule has 1 N–H and O–H groups in total. The highest BCUT2D eigenvalue weighted by molar-refractivity contribution is 7.99. The molecule has 0 saturated heterocycles. The average Bonchev–Trinajstić information content (AvgIpc) is 2.38. The van der Waals surface area contributed by atoms with Crippen molar-refractivity contribution in [2.75, 3.05) is 11.7 Å². The number of nitrogens with zero attached hydrogens (tertiary/aromatic N) is 3. The number of non-ortho nitro benzene ring substituents is 1. The highest BCUT2D eigenvalue weighted by atomic mass is 32.2. The zero-order valence-corrected chi connectivity index (χ0v) is 11.1. The van der Waals surface area contributed by atoms with Crippen LogP contribution in [0.5, 0.6) is 0 Å². The molecular weight excluding hydrogens is 272 g/mol. The third kappa shape index (κ3) is 4.21. The quantitative estimate of drug-likeness (QED) is 0.488. The Morgan fingerprint density at radius 1 is 1.37 bits per heavy atom. The Balaban J connectivity index is 2.97. The summed E-state index contributed by atoms with van der Waals surface area (Å²) in [5.41, 5.74) is 1.91. The summed E-state index contributed by atoms with van der Waals surface area (Å²) in [5.74, 6) is 0. The second kappa shape index (κ2) is 6.69. The van der Waals surface area contributed by atoms with Crippen LogP contribution in [0.3, 0.4) is 0 Å². The first-order valence-electron chi connectivity index (χ1n) is 5.20. The van der Waals surface area contributed by atoms with Gasteiger partial charge in [0.05, 0.1) is 15.9 Å². The predicted molar refractivity (Wildman–Crippen MR) is 74.8 cm³/mol. The van der Waals surface area contributed by atoms with Gasteiger partial charge in [-0.1, -0.05) is 0 Å². The van der Waals surface area contributed by atoms with Gasteiger partial charge in [0.25, 0.3) is 5.69 Å². The second-order valence-electron chi connectivity index (χ2n) is 3.55. The highest BCUT2D eigenvalue weighted by Crippen LogP contribution is 2.28. The lowest BCUT2D eigenvalue weighted by Crippen LogP contribution is -2.01. The lowest BCUT2D eigenvalue weighted by atomic mass is 10.2. The van der Waals surface area contributed by atoms with E-state index in [1.807, 2.05) is 13.2 Å². The first-order chi connectivity index (χ1) is 8.95. The van der Waals surface area contributed by atoms with E-state index >= 15 is 0 Å². The van der Waals surface area contributed by atoms with E-state index in [0.717, 1.165) is 6.07 Å². The first-order valence-corrected chi connectivity index (χ1v) is 6.49. The Bertz CT molecular complexity index is 520. The van der Waals surface area contributed by atoms with E-state index in [4.69, 9.17) is 0 Å². The molecule has 19 heavy (non-hydrogen) atoms. The van der Waals surface area contributed by atoms with Crippen LogP contribution in [0, 0.1) is 20.2 Å². The predicted octanol–water partition coefficient (Wildman–Crippen LogP) is 2.65. The van der Waals surface area contributed by atoms with Gasteiger partial charge in [-0.3, -0.25) is 25.7 Å². The zero-order valence-electron chi connectivity index (χ0n) is 10.3. The van der Waals surface area contributed by atoms with Gasteiger partial charge in [0, 0.05) is 17.5 Å². The molecule has 0 aliphatic carbocycles. The van der Waals surface area contributed by atoms with Crippen LogP contribution in [0.2, 0.25) is 0 Å². The van der Waals surface area contributed by atoms with Crippen molar-refractivity contribution in [3.63, 3.8) is 0 Å². The molecule has 0 unspecified atom stereocenters. The van der Waals surface area contributed by atoms with E-state index in [2.05, 4.69) is 10.5 Å². The summed E-state index contributed by atoms with van der Waals surface area (Å²) >= 11 is 1.56. The number of hydrogen-bond acceptors (Lipinski definition) is 7. The van der Waals surface area contributed by atoms with Gasteiger partial charge in [-0.05, 0) is 19.2 Å². The van der Waals surface area contributed by atoms with E-state index in [-0.39, 0.29) is 22.3 Å². The molecule has 1 aromatic carbocycles. The fourth-order valence-electron chi connectivity index (χ4n) is 1.15. The third-order valence-electron chi connectivity index (χ3n) is 2.23. The van der Waals surface area contributed by atoms with Crippen molar-refractivity contribution in [1.82, 2.24) is 0 Å². The fraction of sp³-hybridized carbons (Fsp3) is 0.300. The molecule has 1 rings (SSSR count). The highest BCUT2D eigenvalue weighted by Gasteiger charge is 2.18. The molecule has 0 aliphatic rings. The minimum Gasteiger partial charge on any atom is -0.272 e. The molecule has 0 amide bonds. The number of nitro groups is 2. The Labute approximate surface area is 113 Å². The third-order valence-corrected chi connectivity index (χ3v) is 3.10. The number of benzene rings is 1. The van der Waals surface area contributed by atoms with Gasteiger partial charge in [0.15, 0.2) is 0 Å². The maximum atomic E-state index is 10.8. The number of nitro benzene ring substituents is 2. The Morgan fingerprint density at radius 3 is 2.58 bits per heavy atom. The summed E-state index contributed by atoms with van der Waals surface area (Å²) in [6.07, 6.45) is 3.50. The number of nitrogens with one attached hydrogen (secondary N) is 1. The van der Waals surface area contributed by atoms with Crippen LogP contribution in [0.1, 0.15) is 6.92 Å². The van der Waals surface area contributed by atoms with Gasteiger partial charge in [0.2, 0.25) is 0 Å². The van der Waals surface area contributed by atoms with Crippen molar-refractivity contribution < 1.29 is 9.85 Å². The SMILES string of the molecule is CS[C@@H](C)/C=N\Nc1ccc([N+](=O)[O-])cc1[N+](=O)[O-]. The number of rotatable bonds is 6. The van der Waals surface area contributed by atoms with E-state index in [1.54, 1.807) is 18.0 Å². The van der Waals surface area contributed by atoms with Crippen molar-refractivity contribution in [1.29, 1.82) is 0 Å². The molecule has 8 nitrogen and oxygen atoms in total. The molecule has 0 spiro atoms. The summed E-state index contributed by atoms with van der Waals surface area (Å²) < 4.78 is 0. The molecule has 0 fully saturated rings. The number of hydrogen-bond donors (Lipinski definition) is 1. The fourth-order valence-corrected chi connectivity index (χ4v) is 1.33. The maximum Gasteiger partial charge on any atom is 0.301 e. The van der Waals surface area contributed by atoms with Crippen LogP contribution >= 0.6 is 11.8 Å². The smallest absolute Gasteiger partial charge is 0.272 e. The van der Waals surface area contributed by atoms with Crippen molar-refractivity contribution in [3.8, 4) is 0 Å². The zero-order chi connectivity index (χ0) is 14.4. The van der Waals surface area contributed by atoms with E-state index in [1.165, 1.54) is 12.1 Å². The van der Waals surface area contributed by atoms with E-state index in [0.29, 0.717) is 0 Å². The maximum absolute atomic E-state index is 10.8. The lowest BCUT2D eigenvalue weighted by molar-refractivity contribution is -0.393. The minimum absolute atomic E-state index is 0.111. The Hall–Kier alpha value is -2.16. The largest absolute Gasteiger partial charge is 0.301 e. The van der Waals surface area contributed by atoms with Gasteiger partial charge in [0.1, 0.15) is 5.69 Å². The van der Waals surface area contributed by atoms with Crippen LogP contribution in [0.4, 0.5) is 17.1 Å². The number of anilines is 1. The summed E-state index contributed by atoms with van der Waals surface area (Å²) in [4.78, 5) is 20.0. The van der Waals surface area contributed by atoms with Crippen molar-refractivity contribution >= 4 is 35.0 Å². The van der Waals surface area contributed by atoms with Gasteiger partial charge < -0.3 is 0 Å². The molecule has 0 radical (unpaired) electrons. The Kier molecular flexibility index (Phi) is 5.24. The van der Waals surface area contributed by atoms with Gasteiger partial charge >= 0.3 is 5.69 Å². The van der Waals surface area contributed by atoms with Crippen LogP contribution in [-0.4, -0.2) is 27.6 Å². The summed E-state index contributed by atoms with van der Waals surface area (Å²) in [5, 5.41) is 25.4. The van der Waals surface area contributed by atoms with Gasteiger partial charge in [-0.2, -0.15) is 16.9 Å². The van der Waals surface area contributed by atoms with Crippen molar-refractivity contribution in [2.24, 2.45) is 5.10 Å². The molecule has 1 aromatic rings. The van der Waals surface area contributed by atoms with Gasteiger partial charge in [-0.25, -0.2) is 0 Å². The second-order valence-corrected chi connectivity index (χ2v) is 4.76. The molecule has 102 valence electrons. The number of thioether (sulfide) groups is 1. The summed E-state index contributed by atoms with van der Waals surface area (Å²) in [6.45, 7) is 1.92. The monoisotopic (exact) mass is 284 g/mol. The van der Waals surface area contributed by atoms with Crippen LogP contribution in [-0.2, 0) is 0 Å². The number of hydrazone groups is 1. The molecule has 0 aromatic heterocycles. The lowest BCUT2D eigenvalue weighted by Gasteiger charge is -2.03. The summed E-state index contributed by atoms with van der Waals surface area (Å²) in [6, 6.07) is 3.34. The van der Waals surface area contributed by atoms with Crippen molar-refractivity contribution in [3.05, 3.63) is 38.4 Å². The van der Waals surface area contributed by atoms with E-state index in [9.17, 15) is 20.2 Å². The van der Waals surface area contributed by atoms with Crippen LogP contribution in [0.25, 0.3) is 0 Å². The van der Waals surface area contributed by atoms with Crippen LogP contribution < -0.4 is 5.43 Å². The van der Waals surface area contributed by atoms with E-state index < -0.39 is 9.85 Å². The normalized spacial score (nSPS) is 12.3.